The Bertz CT molecular complexity index is 162. The summed E-state index contributed by atoms with van der Waals surface area (Å²) in [6, 6.07) is 0. The Morgan fingerprint density at radius 2 is 2.00 bits per heavy atom. The van der Waals surface area contributed by atoms with Crippen LogP contribution in [0.1, 0.15) is 39.0 Å². The third-order valence-corrected chi connectivity index (χ3v) is 2.85. The molecule has 4 heteroatoms. The zero-order valence-electron chi connectivity index (χ0n) is 8.65. The van der Waals surface area contributed by atoms with Crippen molar-refractivity contribution in [2.24, 2.45) is 0 Å². The molecule has 0 radical (unpaired) electrons. The highest BCUT2D eigenvalue weighted by Crippen LogP contribution is 2.30. The average molecular weight is 204 g/mol. The van der Waals surface area contributed by atoms with Gasteiger partial charge in [0.15, 0.2) is 6.29 Å². The van der Waals surface area contributed by atoms with Crippen molar-refractivity contribution >= 4 is 0 Å². The maximum atomic E-state index is 9.90. The molecule has 14 heavy (non-hydrogen) atoms. The molecule has 0 spiro atoms. The van der Waals surface area contributed by atoms with E-state index in [0.717, 1.165) is 25.7 Å². The molecule has 4 nitrogen and oxygen atoms in total. The maximum absolute atomic E-state index is 9.90. The third kappa shape index (κ3) is 2.45. The Kier molecular flexibility index (Phi) is 4.31. The number of aliphatic hydroxyl groups is 3. The van der Waals surface area contributed by atoms with E-state index in [4.69, 9.17) is 4.74 Å². The van der Waals surface area contributed by atoms with Gasteiger partial charge in [-0.3, -0.25) is 0 Å². The highest BCUT2D eigenvalue weighted by atomic mass is 16.6. The topological polar surface area (TPSA) is 69.9 Å². The predicted molar refractivity (Wildman–Crippen MR) is 51.7 cm³/mol. The first-order valence-electron chi connectivity index (χ1n) is 5.31. The van der Waals surface area contributed by atoms with Gasteiger partial charge in [-0.25, -0.2) is 0 Å². The molecule has 0 amide bonds. The Labute approximate surface area is 84.5 Å². The minimum Gasteiger partial charge on any atom is -0.387 e. The van der Waals surface area contributed by atoms with Gasteiger partial charge in [0.1, 0.15) is 11.7 Å². The number of unbranched alkanes of at least 4 members (excludes halogenated alkanes) is 3. The fraction of sp³-hybridized carbons (Fsp3) is 1.00. The van der Waals surface area contributed by atoms with Gasteiger partial charge in [0.25, 0.3) is 0 Å². The maximum Gasteiger partial charge on any atom is 0.186 e. The zero-order chi connectivity index (χ0) is 10.6. The van der Waals surface area contributed by atoms with Gasteiger partial charge in [-0.05, 0) is 6.42 Å². The summed E-state index contributed by atoms with van der Waals surface area (Å²) in [4.78, 5) is 0. The van der Waals surface area contributed by atoms with Crippen molar-refractivity contribution in [2.45, 2.75) is 57.0 Å². The summed E-state index contributed by atoms with van der Waals surface area (Å²) in [7, 11) is 0. The molecule has 1 fully saturated rings. The average Bonchev–Trinajstić information content (AvgIpc) is 2.42. The fourth-order valence-corrected chi connectivity index (χ4v) is 1.76. The standard InChI is InChI=1S/C10H20O4/c1-2-3-4-5-6-10(13)8(11)7-14-9(10)12/h8-9,11-13H,2-7H2,1H3/t8-,9?,10-/m1/s1. The summed E-state index contributed by atoms with van der Waals surface area (Å²) < 4.78 is 4.79. The van der Waals surface area contributed by atoms with E-state index in [1.807, 2.05) is 0 Å². The Hall–Kier alpha value is -0.160. The summed E-state index contributed by atoms with van der Waals surface area (Å²) in [5.74, 6) is 0. The van der Waals surface area contributed by atoms with Crippen molar-refractivity contribution in [2.75, 3.05) is 6.61 Å². The molecule has 1 aliphatic heterocycles. The summed E-state index contributed by atoms with van der Waals surface area (Å²) in [5, 5.41) is 28.7. The van der Waals surface area contributed by atoms with Gasteiger partial charge >= 0.3 is 0 Å². The van der Waals surface area contributed by atoms with E-state index >= 15 is 0 Å². The SMILES string of the molecule is CCCCCC[C@]1(O)C(O)OC[C@H]1O. The summed E-state index contributed by atoms with van der Waals surface area (Å²) in [5.41, 5.74) is -1.45. The lowest BCUT2D eigenvalue weighted by Gasteiger charge is -2.27. The molecule has 0 aliphatic carbocycles. The zero-order valence-corrected chi connectivity index (χ0v) is 8.65. The molecule has 84 valence electrons. The molecule has 1 saturated heterocycles. The molecule has 0 saturated carbocycles. The molecule has 1 rings (SSSR count). The van der Waals surface area contributed by atoms with Gasteiger partial charge in [0.2, 0.25) is 0 Å². The number of rotatable bonds is 5. The van der Waals surface area contributed by atoms with Crippen LogP contribution in [0.5, 0.6) is 0 Å². The normalized spacial score (nSPS) is 37.7. The van der Waals surface area contributed by atoms with Crippen LogP contribution in [0, 0.1) is 0 Å². The minimum absolute atomic E-state index is 0.0193. The summed E-state index contributed by atoms with van der Waals surface area (Å²) in [6.45, 7) is 2.13. The Morgan fingerprint density at radius 3 is 2.50 bits per heavy atom. The van der Waals surface area contributed by atoms with Crippen LogP contribution >= 0.6 is 0 Å². The minimum atomic E-state index is -1.45. The number of ether oxygens (including phenoxy) is 1. The van der Waals surface area contributed by atoms with Gasteiger partial charge in [-0.15, -0.1) is 0 Å². The Balaban J connectivity index is 2.32. The van der Waals surface area contributed by atoms with Crippen LogP contribution < -0.4 is 0 Å². The molecule has 3 N–H and O–H groups in total. The van der Waals surface area contributed by atoms with Crippen LogP contribution in [-0.4, -0.2) is 39.9 Å². The molecule has 1 aliphatic rings. The summed E-state index contributed by atoms with van der Waals surface area (Å²) in [6.07, 6.45) is 2.26. The van der Waals surface area contributed by atoms with E-state index in [1.165, 1.54) is 0 Å². The first kappa shape index (κ1) is 11.9. The second-order valence-corrected chi connectivity index (χ2v) is 4.00. The molecule has 0 aromatic carbocycles. The summed E-state index contributed by atoms with van der Waals surface area (Å²) >= 11 is 0. The lowest BCUT2D eigenvalue weighted by atomic mass is 9.91. The largest absolute Gasteiger partial charge is 0.387 e. The molecule has 3 atom stereocenters. The van der Waals surface area contributed by atoms with Crippen LogP contribution in [0.3, 0.4) is 0 Å². The van der Waals surface area contributed by atoms with Crippen LogP contribution in [0.15, 0.2) is 0 Å². The lowest BCUT2D eigenvalue weighted by molar-refractivity contribution is -0.175. The van der Waals surface area contributed by atoms with Crippen molar-refractivity contribution in [3.05, 3.63) is 0 Å². The molecule has 0 bridgehead atoms. The van der Waals surface area contributed by atoms with E-state index < -0.39 is 18.0 Å². The van der Waals surface area contributed by atoms with Gasteiger partial charge in [0, 0.05) is 0 Å². The second-order valence-electron chi connectivity index (χ2n) is 4.00. The smallest absolute Gasteiger partial charge is 0.186 e. The molecule has 1 unspecified atom stereocenters. The van der Waals surface area contributed by atoms with E-state index in [2.05, 4.69) is 6.92 Å². The van der Waals surface area contributed by atoms with Crippen LogP contribution in [0.4, 0.5) is 0 Å². The first-order chi connectivity index (χ1) is 6.61. The molecule has 0 aromatic heterocycles. The third-order valence-electron chi connectivity index (χ3n) is 2.85. The van der Waals surface area contributed by atoms with Crippen molar-refractivity contribution in [1.29, 1.82) is 0 Å². The van der Waals surface area contributed by atoms with E-state index in [-0.39, 0.29) is 6.61 Å². The highest BCUT2D eigenvalue weighted by molar-refractivity contribution is 4.93. The molecular formula is C10H20O4. The quantitative estimate of drug-likeness (QED) is 0.567. The second kappa shape index (κ2) is 5.07. The van der Waals surface area contributed by atoms with Gasteiger partial charge in [-0.1, -0.05) is 32.6 Å². The van der Waals surface area contributed by atoms with Crippen molar-refractivity contribution in [3.63, 3.8) is 0 Å². The predicted octanol–water partition coefficient (Wildman–Crippen LogP) is 0.397. The highest BCUT2D eigenvalue weighted by Gasteiger charge is 2.48. The molecule has 1 heterocycles. The monoisotopic (exact) mass is 204 g/mol. The van der Waals surface area contributed by atoms with Crippen molar-refractivity contribution in [1.82, 2.24) is 0 Å². The van der Waals surface area contributed by atoms with Crippen molar-refractivity contribution in [3.8, 4) is 0 Å². The number of hydrogen-bond donors (Lipinski definition) is 3. The van der Waals surface area contributed by atoms with Crippen LogP contribution in [0.2, 0.25) is 0 Å². The van der Waals surface area contributed by atoms with E-state index in [9.17, 15) is 15.3 Å². The van der Waals surface area contributed by atoms with Crippen LogP contribution in [-0.2, 0) is 4.74 Å². The first-order valence-corrected chi connectivity index (χ1v) is 5.31. The van der Waals surface area contributed by atoms with Gasteiger partial charge in [-0.2, -0.15) is 0 Å². The Morgan fingerprint density at radius 1 is 1.29 bits per heavy atom. The molecule has 0 aromatic rings. The van der Waals surface area contributed by atoms with Crippen molar-refractivity contribution < 1.29 is 20.1 Å². The van der Waals surface area contributed by atoms with Gasteiger partial charge in [0.05, 0.1) is 6.61 Å². The van der Waals surface area contributed by atoms with E-state index in [0.29, 0.717) is 6.42 Å². The number of aliphatic hydroxyl groups excluding tert-OH is 2. The van der Waals surface area contributed by atoms with Crippen LogP contribution in [0.25, 0.3) is 0 Å². The lowest BCUT2D eigenvalue weighted by Crippen LogP contribution is -2.46. The molecular weight excluding hydrogens is 184 g/mol. The number of hydrogen-bond acceptors (Lipinski definition) is 4. The van der Waals surface area contributed by atoms with Gasteiger partial charge < -0.3 is 20.1 Å². The fourth-order valence-electron chi connectivity index (χ4n) is 1.76. The van der Waals surface area contributed by atoms with E-state index in [1.54, 1.807) is 0 Å².